The number of hydrogen-bond donors (Lipinski definition) is 4. The Labute approximate surface area is 92.5 Å². The highest BCUT2D eigenvalue weighted by atomic mass is 32.1. The van der Waals surface area contributed by atoms with Crippen LogP contribution in [0.4, 0.5) is 0 Å². The molecule has 0 saturated carbocycles. The van der Waals surface area contributed by atoms with Crippen LogP contribution < -0.4 is 16.8 Å². The normalized spacial score (nSPS) is 20.1. The van der Waals surface area contributed by atoms with Crippen LogP contribution in [-0.2, 0) is 9.47 Å². The van der Waals surface area contributed by atoms with Gasteiger partial charge in [-0.25, -0.2) is 0 Å². The van der Waals surface area contributed by atoms with E-state index in [0.29, 0.717) is 13.2 Å². The van der Waals surface area contributed by atoms with Crippen LogP contribution in [0.15, 0.2) is 0 Å². The minimum Gasteiger partial charge on any atom is -0.487 e. The number of rotatable bonds is 1. The molecule has 0 radical (unpaired) electrons. The molecule has 0 aromatic carbocycles. The second-order valence-corrected chi connectivity index (χ2v) is 3.10. The molecule has 6 nitrogen and oxygen atoms in total. The fraction of sp³-hybridized carbons (Fsp3) is 0.667. The molecule has 14 heavy (non-hydrogen) atoms. The van der Waals surface area contributed by atoms with E-state index < -0.39 is 5.17 Å². The zero-order valence-corrected chi connectivity index (χ0v) is 9.07. The Bertz CT molecular complexity index is 193. The molecule has 0 aliphatic carbocycles. The summed E-state index contributed by atoms with van der Waals surface area (Å²) >= 11 is 8.39. The lowest BCUT2D eigenvalue weighted by molar-refractivity contribution is -0.101. The molecule has 0 aromatic heterocycles. The van der Waals surface area contributed by atoms with Crippen LogP contribution in [0, 0.1) is 0 Å². The van der Waals surface area contributed by atoms with Crippen molar-refractivity contribution in [2.24, 2.45) is 11.5 Å². The maximum absolute atomic E-state index is 7.56. The van der Waals surface area contributed by atoms with Gasteiger partial charge >= 0.3 is 0 Å². The largest absolute Gasteiger partial charge is 0.487 e. The summed E-state index contributed by atoms with van der Waals surface area (Å²) in [7, 11) is 0. The van der Waals surface area contributed by atoms with Gasteiger partial charge in [-0.15, -0.1) is 0 Å². The van der Waals surface area contributed by atoms with Crippen LogP contribution in [0.2, 0.25) is 0 Å². The molecule has 0 amide bonds. The van der Waals surface area contributed by atoms with Crippen LogP contribution in [0.1, 0.15) is 0 Å². The van der Waals surface area contributed by atoms with Crippen molar-refractivity contribution in [1.82, 2.24) is 5.32 Å². The van der Waals surface area contributed by atoms with Crippen LogP contribution in [-0.4, -0.2) is 41.4 Å². The van der Waals surface area contributed by atoms with Crippen LogP contribution in [0.3, 0.4) is 0 Å². The average molecular weight is 239 g/mol. The van der Waals surface area contributed by atoms with E-state index in [2.05, 4.69) is 35.5 Å². The minimum absolute atomic E-state index is 0.0358. The van der Waals surface area contributed by atoms with Crippen molar-refractivity contribution in [1.29, 1.82) is 0 Å². The third kappa shape index (κ3) is 9.39. The fourth-order valence-corrected chi connectivity index (χ4v) is 0.854. The van der Waals surface area contributed by atoms with Gasteiger partial charge in [-0.05, 0) is 24.4 Å². The minimum atomic E-state index is -0.500. The molecule has 6 N–H and O–H groups in total. The van der Waals surface area contributed by atoms with Gasteiger partial charge < -0.3 is 31.4 Å². The number of aliphatic hydroxyl groups is 1. The van der Waals surface area contributed by atoms with Gasteiger partial charge in [0.05, 0.1) is 13.2 Å². The quantitative estimate of drug-likeness (QED) is 0.431. The molecule has 1 fully saturated rings. The number of morpholine rings is 1. The number of thiocarbonyl (C=S) groups is 2. The van der Waals surface area contributed by atoms with E-state index in [0.717, 1.165) is 6.54 Å². The van der Waals surface area contributed by atoms with E-state index in [-0.39, 0.29) is 11.5 Å². The van der Waals surface area contributed by atoms with E-state index in [4.69, 9.17) is 20.3 Å². The lowest BCUT2D eigenvalue weighted by Crippen LogP contribution is -2.41. The highest BCUT2D eigenvalue weighted by Crippen LogP contribution is 1.96. The molecule has 0 spiro atoms. The van der Waals surface area contributed by atoms with Gasteiger partial charge in [-0.2, -0.15) is 0 Å². The van der Waals surface area contributed by atoms with E-state index in [9.17, 15) is 0 Å². The Morgan fingerprint density at radius 1 is 1.50 bits per heavy atom. The monoisotopic (exact) mass is 239 g/mol. The summed E-state index contributed by atoms with van der Waals surface area (Å²) in [6, 6.07) is 0. The first-order valence-electron chi connectivity index (χ1n) is 3.79. The maximum Gasteiger partial charge on any atom is 0.256 e. The number of nitrogens with two attached hydrogens (primary N) is 2. The average Bonchev–Trinajstić information content (AvgIpc) is 2.03. The van der Waals surface area contributed by atoms with Crippen LogP contribution >= 0.6 is 24.4 Å². The molecule has 0 aromatic rings. The second kappa shape index (κ2) is 7.68. The number of ether oxygens (including phenoxy) is 2. The Kier molecular flexibility index (Phi) is 7.30. The van der Waals surface area contributed by atoms with Gasteiger partial charge in [0.2, 0.25) is 6.29 Å². The zero-order valence-electron chi connectivity index (χ0n) is 7.43. The summed E-state index contributed by atoms with van der Waals surface area (Å²) in [6.45, 7) is 2.15. The van der Waals surface area contributed by atoms with E-state index in [1.807, 2.05) is 0 Å². The molecule has 1 heterocycles. The molecule has 1 saturated heterocycles. The fourth-order valence-electron chi connectivity index (χ4n) is 0.747. The first kappa shape index (κ1) is 13.3. The topological polar surface area (TPSA) is 103 Å². The SMILES string of the molecule is NC(=S)OC1CNCCO1.NC(O)=S. The zero-order chi connectivity index (χ0) is 11.0. The van der Waals surface area contributed by atoms with Crippen molar-refractivity contribution >= 4 is 34.8 Å². The summed E-state index contributed by atoms with van der Waals surface area (Å²) in [5, 5.41) is 10.2. The third-order valence-corrected chi connectivity index (χ3v) is 1.24. The predicted octanol–water partition coefficient (Wildman–Crippen LogP) is -1.02. The Morgan fingerprint density at radius 3 is 2.43 bits per heavy atom. The molecular weight excluding hydrogens is 226 g/mol. The standard InChI is InChI=1S/C5H10N2O2S.CH3NOS/c6-5(10)9-4-3-7-1-2-8-4;2-1(3)4/h4,7H,1-3H2,(H2,6,10);(H3,2,3,4). The first-order valence-corrected chi connectivity index (χ1v) is 4.61. The molecular formula is C6H13N3O3S2. The highest BCUT2D eigenvalue weighted by molar-refractivity contribution is 7.80. The van der Waals surface area contributed by atoms with Crippen molar-refractivity contribution < 1.29 is 14.6 Å². The van der Waals surface area contributed by atoms with Crippen molar-refractivity contribution in [3.8, 4) is 0 Å². The summed E-state index contributed by atoms with van der Waals surface area (Å²) in [5.74, 6) is 0. The van der Waals surface area contributed by atoms with Gasteiger partial charge in [-0.3, -0.25) is 0 Å². The lowest BCUT2D eigenvalue weighted by atomic mass is 10.5. The Hall–Kier alpha value is -0.700. The smallest absolute Gasteiger partial charge is 0.256 e. The molecule has 0 bridgehead atoms. The highest BCUT2D eigenvalue weighted by Gasteiger charge is 2.13. The van der Waals surface area contributed by atoms with E-state index in [1.165, 1.54) is 0 Å². The lowest BCUT2D eigenvalue weighted by Gasteiger charge is -2.23. The van der Waals surface area contributed by atoms with E-state index >= 15 is 0 Å². The first-order chi connectivity index (χ1) is 6.52. The molecule has 1 rings (SSSR count). The third-order valence-electron chi connectivity index (χ3n) is 1.14. The van der Waals surface area contributed by atoms with Crippen molar-refractivity contribution in [2.75, 3.05) is 19.7 Å². The van der Waals surface area contributed by atoms with Gasteiger partial charge in [0.15, 0.2) is 0 Å². The van der Waals surface area contributed by atoms with Gasteiger partial charge in [0, 0.05) is 6.54 Å². The van der Waals surface area contributed by atoms with Crippen molar-refractivity contribution in [3.05, 3.63) is 0 Å². The number of nitrogens with one attached hydrogen (secondary N) is 1. The Balaban J connectivity index is 0.000000364. The predicted molar refractivity (Wildman–Crippen MR) is 59.9 cm³/mol. The van der Waals surface area contributed by atoms with Gasteiger partial charge in [-0.1, -0.05) is 0 Å². The molecule has 82 valence electrons. The molecule has 1 unspecified atom stereocenters. The second-order valence-electron chi connectivity index (χ2n) is 2.28. The summed E-state index contributed by atoms with van der Waals surface area (Å²) in [6.07, 6.45) is -0.300. The van der Waals surface area contributed by atoms with Gasteiger partial charge in [0.1, 0.15) is 0 Å². The summed E-state index contributed by atoms with van der Waals surface area (Å²) in [5.41, 5.74) is 9.52. The molecule has 1 aliphatic rings. The van der Waals surface area contributed by atoms with Crippen molar-refractivity contribution in [3.63, 3.8) is 0 Å². The maximum atomic E-state index is 7.56. The molecule has 1 aliphatic heterocycles. The molecule has 8 heteroatoms. The van der Waals surface area contributed by atoms with Crippen LogP contribution in [0.5, 0.6) is 0 Å². The van der Waals surface area contributed by atoms with Gasteiger partial charge in [0.25, 0.3) is 10.3 Å². The van der Waals surface area contributed by atoms with E-state index in [1.54, 1.807) is 0 Å². The van der Waals surface area contributed by atoms with Crippen molar-refractivity contribution in [2.45, 2.75) is 6.29 Å². The number of hydrogen-bond acceptors (Lipinski definition) is 5. The molecule has 1 atom stereocenters. The number of aliphatic hydroxyl groups excluding tert-OH is 1. The van der Waals surface area contributed by atoms with Crippen LogP contribution in [0.25, 0.3) is 0 Å². The Morgan fingerprint density at radius 2 is 2.07 bits per heavy atom. The summed E-state index contributed by atoms with van der Waals surface area (Å²) in [4.78, 5) is 0. The summed E-state index contributed by atoms with van der Waals surface area (Å²) < 4.78 is 10.1.